The molecule has 0 amide bonds. The predicted molar refractivity (Wildman–Crippen MR) is 51.0 cm³/mol. The number of hydrogen-bond donors (Lipinski definition) is 2. The standard InChI is InChI=1S/C7H8N4O2S/c8-6-7(14(9,12)13)11-4-2-1-3-5(11)10-6/h1-4H,8H2,(H2,9,12,13). The van der Waals surface area contributed by atoms with Crippen molar-refractivity contribution in [1.82, 2.24) is 9.38 Å². The number of hydrogen-bond acceptors (Lipinski definition) is 4. The Balaban J connectivity index is 2.95. The van der Waals surface area contributed by atoms with Crippen molar-refractivity contribution in [2.75, 3.05) is 5.73 Å². The van der Waals surface area contributed by atoms with E-state index in [1.807, 2.05) is 0 Å². The molecule has 0 radical (unpaired) electrons. The van der Waals surface area contributed by atoms with Crippen LogP contribution in [0.15, 0.2) is 29.4 Å². The fraction of sp³-hybridized carbons (Fsp3) is 0. The van der Waals surface area contributed by atoms with Gasteiger partial charge >= 0.3 is 0 Å². The van der Waals surface area contributed by atoms with E-state index < -0.39 is 10.0 Å². The first-order valence-electron chi connectivity index (χ1n) is 3.75. The second kappa shape index (κ2) is 2.69. The molecule has 0 spiro atoms. The number of aromatic nitrogens is 2. The van der Waals surface area contributed by atoms with Gasteiger partial charge in [-0.1, -0.05) is 6.07 Å². The van der Waals surface area contributed by atoms with E-state index in [1.165, 1.54) is 4.40 Å². The molecule has 0 bridgehead atoms. The van der Waals surface area contributed by atoms with Crippen LogP contribution in [0.5, 0.6) is 0 Å². The second-order valence-corrected chi connectivity index (χ2v) is 4.25. The Hall–Kier alpha value is -1.60. The van der Waals surface area contributed by atoms with Gasteiger partial charge in [0.1, 0.15) is 5.65 Å². The van der Waals surface area contributed by atoms with Crippen LogP contribution in [0.4, 0.5) is 5.82 Å². The summed E-state index contributed by atoms with van der Waals surface area (Å²) in [4.78, 5) is 3.86. The highest BCUT2D eigenvalue weighted by Crippen LogP contribution is 2.17. The smallest absolute Gasteiger partial charge is 0.257 e. The number of rotatable bonds is 1. The van der Waals surface area contributed by atoms with Gasteiger partial charge < -0.3 is 5.73 Å². The van der Waals surface area contributed by atoms with Crippen molar-refractivity contribution in [3.8, 4) is 0 Å². The number of primary sulfonamides is 1. The van der Waals surface area contributed by atoms with Crippen LogP contribution in [0.3, 0.4) is 0 Å². The molecule has 74 valence electrons. The molecule has 0 aliphatic heterocycles. The summed E-state index contributed by atoms with van der Waals surface area (Å²) in [6.07, 6.45) is 1.54. The van der Waals surface area contributed by atoms with Crippen LogP contribution in [0.2, 0.25) is 0 Å². The molecule has 2 rings (SSSR count). The summed E-state index contributed by atoms with van der Waals surface area (Å²) in [7, 11) is -3.84. The Labute approximate surface area is 80.2 Å². The lowest BCUT2D eigenvalue weighted by Gasteiger charge is -1.98. The summed E-state index contributed by atoms with van der Waals surface area (Å²) in [5, 5.41) is 4.83. The van der Waals surface area contributed by atoms with Crippen LogP contribution < -0.4 is 10.9 Å². The van der Waals surface area contributed by atoms with E-state index in [4.69, 9.17) is 10.9 Å². The quantitative estimate of drug-likeness (QED) is 0.668. The Morgan fingerprint density at radius 1 is 1.36 bits per heavy atom. The van der Waals surface area contributed by atoms with Crippen molar-refractivity contribution in [3.05, 3.63) is 24.4 Å². The summed E-state index contributed by atoms with van der Waals surface area (Å²) in [6.45, 7) is 0. The SMILES string of the molecule is Nc1nc2ccccn2c1S(N)(=O)=O. The number of nitrogen functional groups attached to an aromatic ring is 1. The molecular weight excluding hydrogens is 204 g/mol. The van der Waals surface area contributed by atoms with Crippen LogP contribution >= 0.6 is 0 Å². The van der Waals surface area contributed by atoms with Crippen molar-refractivity contribution in [2.24, 2.45) is 5.14 Å². The summed E-state index contributed by atoms with van der Waals surface area (Å²) in [6, 6.07) is 5.04. The lowest BCUT2D eigenvalue weighted by molar-refractivity contribution is 0.593. The molecule has 7 heteroatoms. The fourth-order valence-electron chi connectivity index (χ4n) is 1.27. The number of anilines is 1. The first-order valence-corrected chi connectivity index (χ1v) is 5.30. The number of imidazole rings is 1. The van der Waals surface area contributed by atoms with Gasteiger partial charge in [0, 0.05) is 6.20 Å². The third kappa shape index (κ3) is 1.22. The van der Waals surface area contributed by atoms with Gasteiger partial charge in [-0.25, -0.2) is 18.5 Å². The molecule has 6 nitrogen and oxygen atoms in total. The van der Waals surface area contributed by atoms with Crippen molar-refractivity contribution < 1.29 is 8.42 Å². The zero-order valence-corrected chi connectivity index (χ0v) is 7.90. The number of pyridine rings is 1. The monoisotopic (exact) mass is 212 g/mol. The Kier molecular flexibility index (Phi) is 1.73. The van der Waals surface area contributed by atoms with Gasteiger partial charge in [-0.05, 0) is 12.1 Å². The molecule has 0 unspecified atom stereocenters. The molecule has 0 atom stereocenters. The molecule has 4 N–H and O–H groups in total. The first-order chi connectivity index (χ1) is 6.50. The van der Waals surface area contributed by atoms with Crippen molar-refractivity contribution in [2.45, 2.75) is 5.03 Å². The van der Waals surface area contributed by atoms with Crippen LogP contribution in [0.1, 0.15) is 0 Å². The number of sulfonamides is 1. The minimum Gasteiger partial charge on any atom is -0.381 e. The number of fused-ring (bicyclic) bond motifs is 1. The molecule has 0 saturated heterocycles. The fourth-order valence-corrected chi connectivity index (χ4v) is 2.04. The molecule has 2 heterocycles. The van der Waals surface area contributed by atoms with E-state index in [1.54, 1.807) is 24.4 Å². The van der Waals surface area contributed by atoms with E-state index in [2.05, 4.69) is 4.98 Å². The minimum atomic E-state index is -3.84. The molecule has 2 aromatic rings. The zero-order chi connectivity index (χ0) is 10.3. The number of nitrogens with zero attached hydrogens (tertiary/aromatic N) is 2. The van der Waals surface area contributed by atoms with E-state index in [-0.39, 0.29) is 10.8 Å². The average Bonchev–Trinajstić information content (AvgIpc) is 2.38. The third-order valence-corrected chi connectivity index (χ3v) is 2.73. The van der Waals surface area contributed by atoms with Gasteiger partial charge in [-0.3, -0.25) is 4.40 Å². The van der Waals surface area contributed by atoms with E-state index in [0.29, 0.717) is 5.65 Å². The summed E-state index contributed by atoms with van der Waals surface area (Å²) >= 11 is 0. The average molecular weight is 212 g/mol. The molecule has 0 aliphatic rings. The molecule has 2 aromatic heterocycles. The highest BCUT2D eigenvalue weighted by molar-refractivity contribution is 7.89. The minimum absolute atomic E-state index is 0.0845. The van der Waals surface area contributed by atoms with Crippen molar-refractivity contribution >= 4 is 21.5 Å². The van der Waals surface area contributed by atoms with Crippen molar-refractivity contribution in [3.63, 3.8) is 0 Å². The van der Waals surface area contributed by atoms with E-state index in [9.17, 15) is 8.42 Å². The van der Waals surface area contributed by atoms with Gasteiger partial charge in [0.25, 0.3) is 10.0 Å². The van der Waals surface area contributed by atoms with Crippen LogP contribution in [0.25, 0.3) is 5.65 Å². The topological polar surface area (TPSA) is 103 Å². The Morgan fingerprint density at radius 3 is 2.71 bits per heavy atom. The van der Waals surface area contributed by atoms with Gasteiger partial charge in [0.05, 0.1) is 0 Å². The van der Waals surface area contributed by atoms with E-state index in [0.717, 1.165) is 0 Å². The highest BCUT2D eigenvalue weighted by Gasteiger charge is 2.19. The second-order valence-electron chi connectivity index (χ2n) is 2.78. The molecule has 0 aromatic carbocycles. The molecule has 0 fully saturated rings. The first kappa shape index (κ1) is 8.97. The normalized spacial score (nSPS) is 12.1. The van der Waals surface area contributed by atoms with Crippen LogP contribution in [-0.4, -0.2) is 17.8 Å². The molecule has 0 saturated carbocycles. The van der Waals surface area contributed by atoms with Gasteiger partial charge in [-0.15, -0.1) is 0 Å². The maximum absolute atomic E-state index is 11.2. The number of nitrogens with two attached hydrogens (primary N) is 2. The Bertz CT molecular complexity index is 587. The van der Waals surface area contributed by atoms with Crippen LogP contribution in [0, 0.1) is 0 Å². The maximum atomic E-state index is 11.2. The van der Waals surface area contributed by atoms with Crippen molar-refractivity contribution in [1.29, 1.82) is 0 Å². The lowest BCUT2D eigenvalue weighted by Crippen LogP contribution is -2.16. The lowest BCUT2D eigenvalue weighted by atomic mass is 10.5. The Morgan fingerprint density at radius 2 is 2.07 bits per heavy atom. The maximum Gasteiger partial charge on any atom is 0.257 e. The molecular formula is C7H8N4O2S. The van der Waals surface area contributed by atoms with Gasteiger partial charge in [-0.2, -0.15) is 0 Å². The summed E-state index contributed by atoms with van der Waals surface area (Å²) < 4.78 is 23.7. The van der Waals surface area contributed by atoms with Crippen LogP contribution in [-0.2, 0) is 10.0 Å². The van der Waals surface area contributed by atoms with Gasteiger partial charge in [0.15, 0.2) is 10.8 Å². The molecule has 14 heavy (non-hydrogen) atoms. The summed E-state index contributed by atoms with van der Waals surface area (Å²) in [5.41, 5.74) is 5.90. The predicted octanol–water partition coefficient (Wildman–Crippen LogP) is -0.436. The largest absolute Gasteiger partial charge is 0.381 e. The third-order valence-electron chi connectivity index (χ3n) is 1.78. The zero-order valence-electron chi connectivity index (χ0n) is 7.08. The summed E-state index contributed by atoms with van der Waals surface area (Å²) in [5.74, 6) is -0.0845. The van der Waals surface area contributed by atoms with Gasteiger partial charge in [0.2, 0.25) is 0 Å². The molecule has 0 aliphatic carbocycles. The highest BCUT2D eigenvalue weighted by atomic mass is 32.2. The van der Waals surface area contributed by atoms with E-state index >= 15 is 0 Å².